The smallest absolute Gasteiger partial charge is 0.255 e. The van der Waals surface area contributed by atoms with E-state index in [1.54, 1.807) is 6.92 Å². The van der Waals surface area contributed by atoms with Crippen LogP contribution in [0.5, 0.6) is 0 Å². The highest BCUT2D eigenvalue weighted by atomic mass is 16.5. The topological polar surface area (TPSA) is 59.2 Å². The monoisotopic (exact) mass is 218 g/mol. The molecule has 4 nitrogen and oxygen atoms in total. The molecule has 1 unspecified atom stereocenters. The second kappa shape index (κ2) is 4.45. The third kappa shape index (κ3) is 2.12. The average Bonchev–Trinajstić information content (AvgIpc) is 2.78. The number of aliphatic hydroxyl groups excluding tert-OH is 1. The van der Waals surface area contributed by atoms with Gasteiger partial charge >= 0.3 is 0 Å². The molecule has 0 bridgehead atoms. The highest BCUT2D eigenvalue weighted by molar-refractivity contribution is 5.54. The zero-order chi connectivity index (χ0) is 11.5. The SMILES string of the molecule is CCc1ccc(-c2noc(C(C)O)n2)cc1. The Bertz CT molecular complexity index is 460. The number of nitrogens with zero attached hydrogens (tertiary/aromatic N) is 2. The van der Waals surface area contributed by atoms with Crippen LogP contribution in [-0.2, 0) is 6.42 Å². The third-order valence-electron chi connectivity index (χ3n) is 2.42. The number of rotatable bonds is 3. The molecular formula is C12H14N2O2. The summed E-state index contributed by atoms with van der Waals surface area (Å²) in [5, 5.41) is 13.1. The molecule has 0 spiro atoms. The summed E-state index contributed by atoms with van der Waals surface area (Å²) in [6.07, 6.45) is 0.280. The lowest BCUT2D eigenvalue weighted by Gasteiger charge is -1.97. The predicted molar refractivity (Wildman–Crippen MR) is 59.7 cm³/mol. The fourth-order valence-corrected chi connectivity index (χ4v) is 1.41. The van der Waals surface area contributed by atoms with Gasteiger partial charge in [0.05, 0.1) is 0 Å². The molecule has 0 aliphatic carbocycles. The fraction of sp³-hybridized carbons (Fsp3) is 0.333. The summed E-state index contributed by atoms with van der Waals surface area (Å²) in [5.41, 5.74) is 2.16. The van der Waals surface area contributed by atoms with E-state index >= 15 is 0 Å². The molecule has 1 aromatic carbocycles. The molecule has 0 aliphatic heterocycles. The summed E-state index contributed by atoms with van der Waals surface area (Å²) in [7, 11) is 0. The molecule has 2 aromatic rings. The molecule has 16 heavy (non-hydrogen) atoms. The summed E-state index contributed by atoms with van der Waals surface area (Å²) in [6, 6.07) is 7.98. The van der Waals surface area contributed by atoms with Gasteiger partial charge in [0, 0.05) is 5.56 Å². The van der Waals surface area contributed by atoms with E-state index in [-0.39, 0.29) is 5.89 Å². The summed E-state index contributed by atoms with van der Waals surface area (Å²) in [6.45, 7) is 3.70. The van der Waals surface area contributed by atoms with Gasteiger partial charge in [-0.05, 0) is 18.9 Å². The van der Waals surface area contributed by atoms with E-state index in [2.05, 4.69) is 17.1 Å². The van der Waals surface area contributed by atoms with Crippen LogP contribution in [0.4, 0.5) is 0 Å². The Morgan fingerprint density at radius 3 is 2.50 bits per heavy atom. The summed E-state index contributed by atoms with van der Waals surface area (Å²) >= 11 is 0. The second-order valence-electron chi connectivity index (χ2n) is 3.68. The Morgan fingerprint density at radius 2 is 2.00 bits per heavy atom. The van der Waals surface area contributed by atoms with Crippen LogP contribution in [0, 0.1) is 0 Å². The first-order valence-electron chi connectivity index (χ1n) is 5.31. The maximum absolute atomic E-state index is 9.27. The largest absolute Gasteiger partial charge is 0.384 e. The van der Waals surface area contributed by atoms with Gasteiger partial charge < -0.3 is 9.63 Å². The lowest BCUT2D eigenvalue weighted by Crippen LogP contribution is -1.90. The second-order valence-corrected chi connectivity index (χ2v) is 3.68. The summed E-state index contributed by atoms with van der Waals surface area (Å²) in [4.78, 5) is 4.11. The third-order valence-corrected chi connectivity index (χ3v) is 2.42. The maximum Gasteiger partial charge on any atom is 0.255 e. The molecule has 1 heterocycles. The van der Waals surface area contributed by atoms with Crippen molar-refractivity contribution in [2.75, 3.05) is 0 Å². The first-order chi connectivity index (χ1) is 7.70. The van der Waals surface area contributed by atoms with Gasteiger partial charge in [0.1, 0.15) is 6.10 Å². The highest BCUT2D eigenvalue weighted by Crippen LogP contribution is 2.19. The minimum atomic E-state index is -0.726. The molecule has 0 fully saturated rings. The molecule has 0 radical (unpaired) electrons. The Kier molecular flexibility index (Phi) is 3.01. The molecule has 84 valence electrons. The number of aliphatic hydroxyl groups is 1. The molecule has 4 heteroatoms. The Labute approximate surface area is 93.9 Å². The summed E-state index contributed by atoms with van der Waals surface area (Å²) in [5.74, 6) is 0.758. The standard InChI is InChI=1S/C12H14N2O2/c1-3-9-4-6-10(7-5-9)11-13-12(8(2)15)16-14-11/h4-8,15H,3H2,1-2H3. The first kappa shape index (κ1) is 10.8. The van der Waals surface area contributed by atoms with E-state index in [9.17, 15) is 5.11 Å². The average molecular weight is 218 g/mol. The van der Waals surface area contributed by atoms with Crippen LogP contribution in [-0.4, -0.2) is 15.2 Å². The van der Waals surface area contributed by atoms with Crippen molar-refractivity contribution in [1.29, 1.82) is 0 Å². The van der Waals surface area contributed by atoms with Crippen molar-refractivity contribution < 1.29 is 9.63 Å². The Morgan fingerprint density at radius 1 is 1.31 bits per heavy atom. The molecule has 0 amide bonds. The highest BCUT2D eigenvalue weighted by Gasteiger charge is 2.12. The van der Waals surface area contributed by atoms with Crippen molar-refractivity contribution >= 4 is 0 Å². The van der Waals surface area contributed by atoms with E-state index in [1.165, 1.54) is 5.56 Å². The normalized spacial score (nSPS) is 12.7. The molecule has 1 N–H and O–H groups in total. The van der Waals surface area contributed by atoms with Crippen molar-refractivity contribution in [3.05, 3.63) is 35.7 Å². The van der Waals surface area contributed by atoms with E-state index < -0.39 is 6.10 Å². The lowest BCUT2D eigenvalue weighted by molar-refractivity contribution is 0.152. The van der Waals surface area contributed by atoms with E-state index in [0.29, 0.717) is 5.82 Å². The van der Waals surface area contributed by atoms with Crippen molar-refractivity contribution in [3.8, 4) is 11.4 Å². The fourth-order valence-electron chi connectivity index (χ4n) is 1.41. The molecular weight excluding hydrogens is 204 g/mol. The van der Waals surface area contributed by atoms with Crippen LogP contribution >= 0.6 is 0 Å². The van der Waals surface area contributed by atoms with E-state index in [0.717, 1.165) is 12.0 Å². The van der Waals surface area contributed by atoms with Crippen LogP contribution in [0.2, 0.25) is 0 Å². The van der Waals surface area contributed by atoms with Gasteiger partial charge in [-0.25, -0.2) is 0 Å². The minimum absolute atomic E-state index is 0.245. The Balaban J connectivity index is 2.28. The predicted octanol–water partition coefficient (Wildman–Crippen LogP) is 2.35. The van der Waals surface area contributed by atoms with Gasteiger partial charge in [-0.15, -0.1) is 0 Å². The number of benzene rings is 1. The van der Waals surface area contributed by atoms with Crippen molar-refractivity contribution in [3.63, 3.8) is 0 Å². The summed E-state index contributed by atoms with van der Waals surface area (Å²) < 4.78 is 4.93. The van der Waals surface area contributed by atoms with Gasteiger partial charge in [0.15, 0.2) is 0 Å². The molecule has 0 saturated carbocycles. The number of hydrogen-bond acceptors (Lipinski definition) is 4. The molecule has 1 aromatic heterocycles. The van der Waals surface area contributed by atoms with Crippen LogP contribution < -0.4 is 0 Å². The zero-order valence-corrected chi connectivity index (χ0v) is 9.34. The molecule has 0 aliphatic rings. The van der Waals surface area contributed by atoms with Gasteiger partial charge in [0.2, 0.25) is 5.82 Å². The number of aromatic nitrogens is 2. The van der Waals surface area contributed by atoms with Crippen LogP contribution in [0.25, 0.3) is 11.4 Å². The molecule has 1 atom stereocenters. The van der Waals surface area contributed by atoms with Crippen molar-refractivity contribution in [2.24, 2.45) is 0 Å². The van der Waals surface area contributed by atoms with Gasteiger partial charge in [-0.3, -0.25) is 0 Å². The van der Waals surface area contributed by atoms with Crippen LogP contribution in [0.15, 0.2) is 28.8 Å². The first-order valence-corrected chi connectivity index (χ1v) is 5.31. The van der Waals surface area contributed by atoms with Crippen molar-refractivity contribution in [2.45, 2.75) is 26.4 Å². The van der Waals surface area contributed by atoms with Crippen LogP contribution in [0.1, 0.15) is 31.4 Å². The zero-order valence-electron chi connectivity index (χ0n) is 9.34. The quantitative estimate of drug-likeness (QED) is 0.859. The van der Waals surface area contributed by atoms with Gasteiger partial charge in [-0.2, -0.15) is 4.98 Å². The molecule has 2 rings (SSSR count). The van der Waals surface area contributed by atoms with Gasteiger partial charge in [0.25, 0.3) is 5.89 Å². The van der Waals surface area contributed by atoms with Gasteiger partial charge in [-0.1, -0.05) is 36.3 Å². The molecule has 0 saturated heterocycles. The van der Waals surface area contributed by atoms with E-state index in [4.69, 9.17) is 4.52 Å². The lowest BCUT2D eigenvalue weighted by atomic mass is 10.1. The Hall–Kier alpha value is -1.68. The number of hydrogen-bond donors (Lipinski definition) is 1. The van der Waals surface area contributed by atoms with E-state index in [1.807, 2.05) is 24.3 Å². The van der Waals surface area contributed by atoms with Crippen LogP contribution in [0.3, 0.4) is 0 Å². The maximum atomic E-state index is 9.27. The minimum Gasteiger partial charge on any atom is -0.384 e. The number of aryl methyl sites for hydroxylation is 1. The van der Waals surface area contributed by atoms with Crippen molar-refractivity contribution in [1.82, 2.24) is 10.1 Å².